The number of anilines is 2. The highest BCUT2D eigenvalue weighted by Crippen LogP contribution is 2.48. The first-order valence-electron chi connectivity index (χ1n) is 10.4. The molecule has 10 heteroatoms. The van der Waals surface area contributed by atoms with Gasteiger partial charge in [-0.15, -0.1) is 0 Å². The molecule has 172 valence electrons. The summed E-state index contributed by atoms with van der Waals surface area (Å²) in [4.78, 5) is 45.0. The van der Waals surface area contributed by atoms with Gasteiger partial charge in [0.05, 0.1) is 29.4 Å². The number of imide groups is 1. The maximum absolute atomic E-state index is 13.6. The van der Waals surface area contributed by atoms with E-state index in [0.29, 0.717) is 22.7 Å². The molecule has 0 aliphatic carbocycles. The molecule has 3 aromatic rings. The van der Waals surface area contributed by atoms with Crippen LogP contribution in [0, 0.1) is 16.0 Å². The number of hydrogen-bond acceptors (Lipinski definition) is 7. The quantitative estimate of drug-likeness (QED) is 0.277. The smallest absolute Gasteiger partial charge is 0.271 e. The Morgan fingerprint density at radius 1 is 0.971 bits per heavy atom. The van der Waals surface area contributed by atoms with Crippen molar-refractivity contribution in [1.82, 2.24) is 0 Å². The number of amides is 2. The number of carbonyl (C=O) groups excluding carboxylic acids is 2. The summed E-state index contributed by atoms with van der Waals surface area (Å²) in [6.07, 6.45) is -1.08. The van der Waals surface area contributed by atoms with Crippen molar-refractivity contribution in [1.29, 1.82) is 0 Å². The second-order valence-corrected chi connectivity index (χ2v) is 8.78. The molecule has 2 fully saturated rings. The van der Waals surface area contributed by atoms with E-state index in [-0.39, 0.29) is 5.69 Å². The molecular weight excluding hydrogens is 506 g/mol. The van der Waals surface area contributed by atoms with Gasteiger partial charge in [-0.2, -0.15) is 0 Å². The molecule has 2 aliphatic heterocycles. The van der Waals surface area contributed by atoms with Gasteiger partial charge in [0, 0.05) is 16.6 Å². The third kappa shape index (κ3) is 3.61. The highest BCUT2D eigenvalue weighted by atomic mass is 79.9. The maximum Gasteiger partial charge on any atom is 0.271 e. The number of non-ortho nitro benzene ring substituents is 1. The van der Waals surface area contributed by atoms with Crippen LogP contribution in [0.15, 0.2) is 77.3 Å². The van der Waals surface area contributed by atoms with E-state index in [1.165, 1.54) is 30.4 Å². The zero-order valence-corrected chi connectivity index (χ0v) is 19.4. The highest BCUT2D eigenvalue weighted by Gasteiger charge is 2.60. The topological polar surface area (TPSA) is 102 Å². The molecule has 3 aromatic carbocycles. The van der Waals surface area contributed by atoms with Gasteiger partial charge in [-0.05, 0) is 48.0 Å². The predicted molar refractivity (Wildman–Crippen MR) is 126 cm³/mol. The maximum atomic E-state index is 13.6. The molecule has 0 bridgehead atoms. The number of fused-ring (bicyclic) bond motifs is 1. The fraction of sp³-hybridized carbons (Fsp3) is 0.167. The van der Waals surface area contributed by atoms with Crippen molar-refractivity contribution in [3.8, 4) is 5.75 Å². The van der Waals surface area contributed by atoms with E-state index >= 15 is 0 Å². The highest BCUT2D eigenvalue weighted by molar-refractivity contribution is 9.10. The van der Waals surface area contributed by atoms with Crippen LogP contribution in [-0.2, 0) is 14.4 Å². The number of benzene rings is 3. The minimum absolute atomic E-state index is 0.128. The fourth-order valence-corrected chi connectivity index (χ4v) is 4.66. The third-order valence-electron chi connectivity index (χ3n) is 5.93. The summed E-state index contributed by atoms with van der Waals surface area (Å²) < 4.78 is 6.17. The molecule has 5 rings (SSSR count). The molecule has 2 saturated heterocycles. The lowest BCUT2D eigenvalue weighted by Gasteiger charge is -2.28. The number of nitrogens with zero attached hydrogens (tertiary/aromatic N) is 3. The average molecular weight is 524 g/mol. The molecule has 2 aliphatic rings. The van der Waals surface area contributed by atoms with E-state index in [1.807, 2.05) is 6.07 Å². The second-order valence-electron chi connectivity index (χ2n) is 7.86. The number of hydroxylamine groups is 1. The second kappa shape index (κ2) is 8.54. The summed E-state index contributed by atoms with van der Waals surface area (Å²) >= 11 is 3.36. The third-order valence-corrected chi connectivity index (χ3v) is 6.46. The molecule has 3 atom stereocenters. The summed E-state index contributed by atoms with van der Waals surface area (Å²) in [7, 11) is 1.53. The Hall–Kier alpha value is -3.76. The number of nitro benzene ring substituents is 1. The molecule has 2 amide bonds. The van der Waals surface area contributed by atoms with Gasteiger partial charge < -0.3 is 4.74 Å². The van der Waals surface area contributed by atoms with E-state index in [4.69, 9.17) is 9.57 Å². The minimum atomic E-state index is -1.08. The van der Waals surface area contributed by atoms with Crippen LogP contribution in [0.25, 0.3) is 0 Å². The van der Waals surface area contributed by atoms with Gasteiger partial charge in [0.2, 0.25) is 5.91 Å². The van der Waals surface area contributed by atoms with Crippen molar-refractivity contribution in [3.63, 3.8) is 0 Å². The van der Waals surface area contributed by atoms with E-state index < -0.39 is 34.8 Å². The zero-order chi connectivity index (χ0) is 24.0. The zero-order valence-electron chi connectivity index (χ0n) is 17.8. The van der Waals surface area contributed by atoms with Crippen LogP contribution in [0.1, 0.15) is 11.6 Å². The molecular formula is C24H18BrN3O6. The van der Waals surface area contributed by atoms with Crippen molar-refractivity contribution in [2.24, 2.45) is 5.92 Å². The lowest BCUT2D eigenvalue weighted by Crippen LogP contribution is -2.37. The number of nitro groups is 1. The standard InChI is InChI=1S/C24H18BrN3O6/c1-33-19-7-2-4-14(12-19)21-20-22(34-27(21)17-5-3-6-18(13-17)28(31)32)24(30)26(23(20)29)16-10-8-15(25)9-11-16/h2-13,20-22H,1H3/t20-,21+,22+/m1/s1. The van der Waals surface area contributed by atoms with Crippen molar-refractivity contribution in [2.75, 3.05) is 17.1 Å². The minimum Gasteiger partial charge on any atom is -0.497 e. The normalized spacial score (nSPS) is 21.6. The molecule has 34 heavy (non-hydrogen) atoms. The van der Waals surface area contributed by atoms with Gasteiger partial charge >= 0.3 is 0 Å². The summed E-state index contributed by atoms with van der Waals surface area (Å²) in [5.74, 6) is -1.18. The van der Waals surface area contributed by atoms with Gasteiger partial charge in [-0.3, -0.25) is 24.5 Å². The average Bonchev–Trinajstić information content (AvgIpc) is 3.36. The Labute approximate surface area is 202 Å². The van der Waals surface area contributed by atoms with Crippen molar-refractivity contribution >= 4 is 44.8 Å². The molecule has 0 N–H and O–H groups in total. The van der Waals surface area contributed by atoms with Gasteiger partial charge in [-0.1, -0.05) is 34.1 Å². The lowest BCUT2D eigenvalue weighted by atomic mass is 9.90. The van der Waals surface area contributed by atoms with Crippen molar-refractivity contribution in [2.45, 2.75) is 12.1 Å². The number of halogens is 1. The number of carbonyl (C=O) groups is 2. The molecule has 0 radical (unpaired) electrons. The number of rotatable bonds is 5. The van der Waals surface area contributed by atoms with Crippen molar-refractivity contribution < 1.29 is 24.1 Å². The van der Waals surface area contributed by atoms with E-state index in [9.17, 15) is 19.7 Å². The van der Waals surface area contributed by atoms with Gasteiger partial charge in [-0.25, -0.2) is 9.96 Å². The Bertz CT molecular complexity index is 1300. The summed E-state index contributed by atoms with van der Waals surface area (Å²) in [5, 5.41) is 12.8. The van der Waals surface area contributed by atoms with E-state index in [2.05, 4.69) is 15.9 Å². The van der Waals surface area contributed by atoms with Crippen molar-refractivity contribution in [3.05, 3.63) is 92.9 Å². The largest absolute Gasteiger partial charge is 0.497 e. The number of hydrogen-bond donors (Lipinski definition) is 0. The summed E-state index contributed by atoms with van der Waals surface area (Å²) in [6, 6.07) is 19.2. The van der Waals surface area contributed by atoms with Gasteiger partial charge in [0.25, 0.3) is 11.6 Å². The molecule has 0 saturated carbocycles. The summed E-state index contributed by atoms with van der Waals surface area (Å²) in [6.45, 7) is 0. The van der Waals surface area contributed by atoms with Crippen LogP contribution in [0.5, 0.6) is 5.75 Å². The first-order chi connectivity index (χ1) is 16.4. The van der Waals surface area contributed by atoms with Crippen LogP contribution in [0.2, 0.25) is 0 Å². The Morgan fingerprint density at radius 3 is 2.41 bits per heavy atom. The Kier molecular flexibility index (Phi) is 5.54. The van der Waals surface area contributed by atoms with E-state index in [0.717, 1.165) is 9.37 Å². The number of methoxy groups -OCH3 is 1. The van der Waals surface area contributed by atoms with Crippen LogP contribution >= 0.6 is 15.9 Å². The molecule has 0 aromatic heterocycles. The molecule has 2 heterocycles. The van der Waals surface area contributed by atoms with Gasteiger partial charge in [0.15, 0.2) is 6.10 Å². The number of ether oxygens (including phenoxy) is 1. The van der Waals surface area contributed by atoms with E-state index in [1.54, 1.807) is 48.5 Å². The Balaban J connectivity index is 1.60. The van der Waals surface area contributed by atoms with Gasteiger partial charge in [0.1, 0.15) is 11.7 Å². The molecule has 0 spiro atoms. The van der Waals surface area contributed by atoms with Crippen LogP contribution < -0.4 is 14.7 Å². The van der Waals surface area contributed by atoms with Crippen LogP contribution in [0.4, 0.5) is 17.1 Å². The predicted octanol–water partition coefficient (Wildman–Crippen LogP) is 4.42. The first kappa shape index (κ1) is 22.1. The molecule has 0 unspecified atom stereocenters. The fourth-order valence-electron chi connectivity index (χ4n) is 4.39. The Morgan fingerprint density at radius 2 is 1.71 bits per heavy atom. The lowest BCUT2D eigenvalue weighted by molar-refractivity contribution is -0.384. The first-order valence-corrected chi connectivity index (χ1v) is 11.2. The van der Waals surface area contributed by atoms with Crippen LogP contribution in [0.3, 0.4) is 0 Å². The summed E-state index contributed by atoms with van der Waals surface area (Å²) in [5.41, 5.74) is 1.36. The monoisotopic (exact) mass is 523 g/mol. The molecule has 9 nitrogen and oxygen atoms in total. The van der Waals surface area contributed by atoms with Crippen LogP contribution in [-0.4, -0.2) is 30.0 Å². The SMILES string of the molecule is COc1cccc([C@H]2[C@H]3C(=O)N(c4ccc(Br)cc4)C(=O)[C@H]3ON2c2cccc([N+](=O)[O-])c2)c1.